The fourth-order valence-electron chi connectivity index (χ4n) is 3.25. The molecule has 2 atom stereocenters. The van der Waals surface area contributed by atoms with Gasteiger partial charge in [0.05, 0.1) is 0 Å². The molecule has 1 saturated heterocycles. The van der Waals surface area contributed by atoms with Gasteiger partial charge in [-0.1, -0.05) is 31.2 Å². The predicted octanol–water partition coefficient (Wildman–Crippen LogP) is 2.67. The molecule has 1 aromatic carbocycles. The van der Waals surface area contributed by atoms with E-state index in [1.807, 2.05) is 0 Å². The van der Waals surface area contributed by atoms with Gasteiger partial charge in [0.15, 0.2) is 0 Å². The van der Waals surface area contributed by atoms with Crippen LogP contribution >= 0.6 is 0 Å². The zero-order chi connectivity index (χ0) is 15.2. The van der Waals surface area contributed by atoms with E-state index in [9.17, 15) is 0 Å². The van der Waals surface area contributed by atoms with Crippen LogP contribution in [0.25, 0.3) is 0 Å². The van der Waals surface area contributed by atoms with Crippen LogP contribution in [0.1, 0.15) is 37.4 Å². The van der Waals surface area contributed by atoms with Crippen molar-refractivity contribution in [2.45, 2.75) is 39.3 Å². The van der Waals surface area contributed by atoms with Gasteiger partial charge in [-0.2, -0.15) is 0 Å². The van der Waals surface area contributed by atoms with Crippen LogP contribution < -0.4 is 5.32 Å². The molecule has 0 amide bonds. The molecule has 2 unspecified atom stereocenters. The average Bonchev–Trinajstić information content (AvgIpc) is 2.46. The number of benzene rings is 1. The lowest BCUT2D eigenvalue weighted by molar-refractivity contribution is 0.0903. The maximum Gasteiger partial charge on any atom is 0.0452 e. The molecule has 1 aromatic rings. The molecule has 1 aliphatic heterocycles. The minimum atomic E-state index is 0.442. The largest absolute Gasteiger partial charge is 0.309 e. The molecule has 0 saturated carbocycles. The SMILES string of the molecule is CCCNC(CN1CCN(C)CC1C)c1ccccc1C. The lowest BCUT2D eigenvalue weighted by atomic mass is 9.99. The zero-order valence-corrected chi connectivity index (χ0v) is 14.1. The van der Waals surface area contributed by atoms with Crippen LogP contribution in [0.3, 0.4) is 0 Å². The molecule has 1 heterocycles. The Kier molecular flexibility index (Phi) is 6.22. The molecular formula is C18H31N3. The highest BCUT2D eigenvalue weighted by Crippen LogP contribution is 2.21. The van der Waals surface area contributed by atoms with Gasteiger partial charge in [-0.3, -0.25) is 4.90 Å². The molecule has 3 nitrogen and oxygen atoms in total. The van der Waals surface area contributed by atoms with E-state index in [1.54, 1.807) is 0 Å². The highest BCUT2D eigenvalue weighted by atomic mass is 15.3. The average molecular weight is 289 g/mol. The normalized spacial score (nSPS) is 22.4. The molecular weight excluding hydrogens is 258 g/mol. The monoisotopic (exact) mass is 289 g/mol. The maximum atomic E-state index is 3.75. The zero-order valence-electron chi connectivity index (χ0n) is 14.1. The smallest absolute Gasteiger partial charge is 0.0452 e. The summed E-state index contributed by atoms with van der Waals surface area (Å²) in [6.45, 7) is 12.5. The number of nitrogens with one attached hydrogen (secondary N) is 1. The van der Waals surface area contributed by atoms with Gasteiger partial charge >= 0.3 is 0 Å². The molecule has 0 aliphatic carbocycles. The van der Waals surface area contributed by atoms with Crippen molar-refractivity contribution in [2.24, 2.45) is 0 Å². The lowest BCUT2D eigenvalue weighted by Gasteiger charge is -2.40. The number of aryl methyl sites for hydroxylation is 1. The van der Waals surface area contributed by atoms with Crippen molar-refractivity contribution in [3.63, 3.8) is 0 Å². The Balaban J connectivity index is 2.08. The standard InChI is InChI=1S/C18H31N3/c1-5-10-19-18(17-9-7-6-8-15(17)2)14-21-12-11-20(4)13-16(21)3/h6-9,16,18-19H,5,10-14H2,1-4H3. The second kappa shape index (κ2) is 7.92. The summed E-state index contributed by atoms with van der Waals surface area (Å²) < 4.78 is 0. The van der Waals surface area contributed by atoms with Gasteiger partial charge in [-0.15, -0.1) is 0 Å². The molecule has 1 N–H and O–H groups in total. The first kappa shape index (κ1) is 16.5. The van der Waals surface area contributed by atoms with Gasteiger partial charge in [0, 0.05) is 38.3 Å². The molecule has 1 fully saturated rings. The Hall–Kier alpha value is -0.900. The molecule has 21 heavy (non-hydrogen) atoms. The molecule has 3 heteroatoms. The maximum absolute atomic E-state index is 3.75. The van der Waals surface area contributed by atoms with E-state index in [2.05, 4.69) is 67.2 Å². The third-order valence-electron chi connectivity index (χ3n) is 4.59. The van der Waals surface area contributed by atoms with Gasteiger partial charge in [0.2, 0.25) is 0 Å². The Morgan fingerprint density at radius 1 is 1.29 bits per heavy atom. The first-order chi connectivity index (χ1) is 10.1. The highest BCUT2D eigenvalue weighted by Gasteiger charge is 2.25. The third-order valence-corrected chi connectivity index (χ3v) is 4.59. The Labute approximate surface area is 130 Å². The first-order valence-corrected chi connectivity index (χ1v) is 8.33. The van der Waals surface area contributed by atoms with Crippen molar-refractivity contribution in [3.8, 4) is 0 Å². The fraction of sp³-hybridized carbons (Fsp3) is 0.667. The number of piperazine rings is 1. The van der Waals surface area contributed by atoms with Crippen LogP contribution in [0.5, 0.6) is 0 Å². The summed E-state index contributed by atoms with van der Waals surface area (Å²) in [6, 6.07) is 9.88. The van der Waals surface area contributed by atoms with E-state index < -0.39 is 0 Å². The summed E-state index contributed by atoms with van der Waals surface area (Å²) in [5.41, 5.74) is 2.85. The quantitative estimate of drug-likeness (QED) is 0.868. The first-order valence-electron chi connectivity index (χ1n) is 8.33. The molecule has 118 valence electrons. The van der Waals surface area contributed by atoms with Crippen molar-refractivity contribution < 1.29 is 0 Å². The van der Waals surface area contributed by atoms with Crippen LogP contribution in [0.2, 0.25) is 0 Å². The third kappa shape index (κ3) is 4.53. The van der Waals surface area contributed by atoms with Crippen LogP contribution in [-0.4, -0.2) is 55.6 Å². The molecule has 0 radical (unpaired) electrons. The molecule has 1 aliphatic rings. The summed E-state index contributed by atoms with van der Waals surface area (Å²) in [5.74, 6) is 0. The second-order valence-corrected chi connectivity index (χ2v) is 6.47. The topological polar surface area (TPSA) is 18.5 Å². The summed E-state index contributed by atoms with van der Waals surface area (Å²) in [5, 5.41) is 3.75. The molecule has 0 bridgehead atoms. The number of hydrogen-bond donors (Lipinski definition) is 1. The number of hydrogen-bond acceptors (Lipinski definition) is 3. The van der Waals surface area contributed by atoms with E-state index in [1.165, 1.54) is 37.2 Å². The molecule has 0 spiro atoms. The van der Waals surface area contributed by atoms with Gasteiger partial charge < -0.3 is 10.2 Å². The number of rotatable bonds is 6. The van der Waals surface area contributed by atoms with Crippen LogP contribution in [-0.2, 0) is 0 Å². The summed E-state index contributed by atoms with van der Waals surface area (Å²) in [4.78, 5) is 5.07. The minimum Gasteiger partial charge on any atom is -0.309 e. The Morgan fingerprint density at radius 2 is 2.05 bits per heavy atom. The second-order valence-electron chi connectivity index (χ2n) is 6.47. The minimum absolute atomic E-state index is 0.442. The lowest BCUT2D eigenvalue weighted by Crippen LogP contribution is -2.52. The van der Waals surface area contributed by atoms with E-state index in [4.69, 9.17) is 0 Å². The van der Waals surface area contributed by atoms with Gasteiger partial charge in [0.25, 0.3) is 0 Å². The van der Waals surface area contributed by atoms with Crippen LogP contribution in [0, 0.1) is 6.92 Å². The predicted molar refractivity (Wildman–Crippen MR) is 90.7 cm³/mol. The summed E-state index contributed by atoms with van der Waals surface area (Å²) in [6.07, 6.45) is 1.18. The number of likely N-dealkylation sites (N-methyl/N-ethyl adjacent to an activating group) is 1. The van der Waals surface area contributed by atoms with Gasteiger partial charge in [0.1, 0.15) is 0 Å². The molecule has 2 rings (SSSR count). The Morgan fingerprint density at radius 3 is 2.71 bits per heavy atom. The van der Waals surface area contributed by atoms with E-state index in [-0.39, 0.29) is 0 Å². The Bertz CT molecular complexity index is 432. The van der Waals surface area contributed by atoms with E-state index in [0.717, 1.165) is 13.1 Å². The summed E-state index contributed by atoms with van der Waals surface area (Å²) in [7, 11) is 2.22. The van der Waals surface area contributed by atoms with Crippen molar-refractivity contribution in [1.29, 1.82) is 0 Å². The van der Waals surface area contributed by atoms with Crippen molar-refractivity contribution in [1.82, 2.24) is 15.1 Å². The van der Waals surface area contributed by atoms with Gasteiger partial charge in [-0.25, -0.2) is 0 Å². The van der Waals surface area contributed by atoms with Crippen LogP contribution in [0.15, 0.2) is 24.3 Å². The van der Waals surface area contributed by atoms with Crippen molar-refractivity contribution in [2.75, 3.05) is 39.8 Å². The number of nitrogens with zero attached hydrogens (tertiary/aromatic N) is 2. The van der Waals surface area contributed by atoms with Crippen molar-refractivity contribution >= 4 is 0 Å². The fourth-order valence-corrected chi connectivity index (χ4v) is 3.25. The van der Waals surface area contributed by atoms with Gasteiger partial charge in [-0.05, 0) is 45.0 Å². The van der Waals surface area contributed by atoms with E-state index >= 15 is 0 Å². The highest BCUT2D eigenvalue weighted by molar-refractivity contribution is 5.29. The van der Waals surface area contributed by atoms with Crippen molar-refractivity contribution in [3.05, 3.63) is 35.4 Å². The summed E-state index contributed by atoms with van der Waals surface area (Å²) >= 11 is 0. The van der Waals surface area contributed by atoms with E-state index in [0.29, 0.717) is 12.1 Å². The van der Waals surface area contributed by atoms with Crippen LogP contribution in [0.4, 0.5) is 0 Å². The molecule has 0 aromatic heterocycles.